The molecular weight excluding hydrogens is 266 g/mol. The summed E-state index contributed by atoms with van der Waals surface area (Å²) in [6.07, 6.45) is 4.33. The first-order valence-electron chi connectivity index (χ1n) is 7.13. The van der Waals surface area contributed by atoms with Crippen LogP contribution in [0.4, 0.5) is 0 Å². The highest BCUT2D eigenvalue weighted by atomic mass is 16.2. The van der Waals surface area contributed by atoms with Gasteiger partial charge in [-0.1, -0.05) is 0 Å². The van der Waals surface area contributed by atoms with Crippen molar-refractivity contribution in [2.24, 2.45) is 7.05 Å². The second kappa shape index (κ2) is 5.27. The van der Waals surface area contributed by atoms with Crippen LogP contribution in [0.25, 0.3) is 0 Å². The smallest absolute Gasteiger partial charge is 0.289 e. The van der Waals surface area contributed by atoms with Crippen LogP contribution in [0.15, 0.2) is 18.5 Å². The number of carbonyl (C=O) groups excluding carboxylic acids is 1. The van der Waals surface area contributed by atoms with Crippen LogP contribution >= 0.6 is 0 Å². The fourth-order valence-electron chi connectivity index (χ4n) is 2.80. The number of rotatable bonds is 2. The number of aryl methyl sites for hydroxylation is 3. The lowest BCUT2D eigenvalue weighted by Gasteiger charge is -2.16. The van der Waals surface area contributed by atoms with Gasteiger partial charge in [-0.3, -0.25) is 4.79 Å². The minimum absolute atomic E-state index is 0.0191. The molecular formula is C15H19N5O. The van der Waals surface area contributed by atoms with Crippen molar-refractivity contribution in [3.8, 4) is 0 Å². The summed E-state index contributed by atoms with van der Waals surface area (Å²) in [5.41, 5.74) is 1.96. The maximum Gasteiger partial charge on any atom is 0.289 e. The van der Waals surface area contributed by atoms with Crippen LogP contribution in [0, 0.1) is 13.8 Å². The number of aromatic nitrogens is 4. The summed E-state index contributed by atoms with van der Waals surface area (Å²) in [6.45, 7) is 5.34. The lowest BCUT2D eigenvalue weighted by Crippen LogP contribution is -2.30. The third-order valence-electron chi connectivity index (χ3n) is 3.85. The molecule has 1 atom stereocenters. The second-order valence-corrected chi connectivity index (χ2v) is 5.61. The molecule has 0 N–H and O–H groups in total. The van der Waals surface area contributed by atoms with E-state index in [9.17, 15) is 4.79 Å². The minimum atomic E-state index is -0.0191. The van der Waals surface area contributed by atoms with Crippen LogP contribution in [0.2, 0.25) is 0 Å². The number of nitrogens with zero attached hydrogens (tertiary/aromatic N) is 5. The van der Waals surface area contributed by atoms with E-state index < -0.39 is 0 Å². The standard InChI is InChI=1S/C15H19N5O/c1-10-8-11(2)18-13(17-10)12-4-6-20(9-12)15(21)14-16-5-7-19(14)3/h5,7-8,12H,4,6,9H2,1-3H3/t12-/m1/s1. The topological polar surface area (TPSA) is 63.9 Å². The van der Waals surface area contributed by atoms with Crippen molar-refractivity contribution in [1.82, 2.24) is 24.4 Å². The van der Waals surface area contributed by atoms with E-state index in [0.717, 1.165) is 30.2 Å². The molecule has 3 rings (SSSR count). The van der Waals surface area contributed by atoms with E-state index in [0.29, 0.717) is 12.4 Å². The van der Waals surface area contributed by atoms with Gasteiger partial charge < -0.3 is 9.47 Å². The van der Waals surface area contributed by atoms with Gasteiger partial charge in [0, 0.05) is 49.8 Å². The molecule has 1 amide bonds. The molecule has 1 fully saturated rings. The number of likely N-dealkylation sites (tertiary alicyclic amines) is 1. The maximum absolute atomic E-state index is 12.4. The predicted molar refractivity (Wildman–Crippen MR) is 78.0 cm³/mol. The van der Waals surface area contributed by atoms with Crippen molar-refractivity contribution in [2.45, 2.75) is 26.2 Å². The van der Waals surface area contributed by atoms with E-state index in [2.05, 4.69) is 15.0 Å². The number of hydrogen-bond acceptors (Lipinski definition) is 4. The first-order chi connectivity index (χ1) is 10.0. The quantitative estimate of drug-likeness (QED) is 0.838. The van der Waals surface area contributed by atoms with Gasteiger partial charge in [0.25, 0.3) is 5.91 Å². The van der Waals surface area contributed by atoms with Gasteiger partial charge in [0.05, 0.1) is 0 Å². The van der Waals surface area contributed by atoms with E-state index in [1.54, 1.807) is 17.0 Å². The first-order valence-corrected chi connectivity index (χ1v) is 7.13. The van der Waals surface area contributed by atoms with Crippen LogP contribution in [0.3, 0.4) is 0 Å². The Balaban J connectivity index is 1.76. The molecule has 0 spiro atoms. The highest BCUT2D eigenvalue weighted by Gasteiger charge is 2.31. The molecule has 6 heteroatoms. The molecule has 2 aromatic rings. The normalized spacial score (nSPS) is 18.2. The van der Waals surface area contributed by atoms with Gasteiger partial charge in [-0.15, -0.1) is 0 Å². The molecule has 0 radical (unpaired) electrons. The molecule has 0 bridgehead atoms. The first kappa shape index (κ1) is 13.7. The van der Waals surface area contributed by atoms with E-state index >= 15 is 0 Å². The Kier molecular flexibility index (Phi) is 3.45. The van der Waals surface area contributed by atoms with Crippen molar-refractivity contribution < 1.29 is 4.79 Å². The van der Waals surface area contributed by atoms with Crippen LogP contribution in [0.1, 0.15) is 40.2 Å². The largest absolute Gasteiger partial charge is 0.335 e. The Morgan fingerprint density at radius 2 is 2.00 bits per heavy atom. The second-order valence-electron chi connectivity index (χ2n) is 5.61. The van der Waals surface area contributed by atoms with Crippen LogP contribution in [-0.2, 0) is 7.05 Å². The average molecular weight is 285 g/mol. The summed E-state index contributed by atoms with van der Waals surface area (Å²) in [5, 5.41) is 0. The van der Waals surface area contributed by atoms with Crippen molar-refractivity contribution in [3.63, 3.8) is 0 Å². The highest BCUT2D eigenvalue weighted by Crippen LogP contribution is 2.26. The van der Waals surface area contributed by atoms with Crippen molar-refractivity contribution in [3.05, 3.63) is 41.5 Å². The van der Waals surface area contributed by atoms with Crippen molar-refractivity contribution in [2.75, 3.05) is 13.1 Å². The fourth-order valence-corrected chi connectivity index (χ4v) is 2.80. The Bertz CT molecular complexity index is 658. The third kappa shape index (κ3) is 2.66. The third-order valence-corrected chi connectivity index (χ3v) is 3.85. The molecule has 0 unspecified atom stereocenters. The number of imidazole rings is 1. The number of hydrogen-bond donors (Lipinski definition) is 0. The molecule has 0 aromatic carbocycles. The Labute approximate surface area is 123 Å². The Morgan fingerprint density at radius 3 is 2.62 bits per heavy atom. The summed E-state index contributed by atoms with van der Waals surface area (Å²) in [4.78, 5) is 27.4. The van der Waals surface area contributed by atoms with E-state index in [1.165, 1.54) is 0 Å². The zero-order chi connectivity index (χ0) is 15.0. The molecule has 3 heterocycles. The molecule has 1 aliphatic heterocycles. The summed E-state index contributed by atoms with van der Waals surface area (Å²) in [5.74, 6) is 1.53. The van der Waals surface area contributed by atoms with Gasteiger partial charge in [0.15, 0.2) is 5.82 Å². The summed E-state index contributed by atoms with van der Waals surface area (Å²) >= 11 is 0. The fraction of sp³-hybridized carbons (Fsp3) is 0.467. The molecule has 21 heavy (non-hydrogen) atoms. The highest BCUT2D eigenvalue weighted by molar-refractivity contribution is 5.91. The lowest BCUT2D eigenvalue weighted by molar-refractivity contribution is 0.0775. The monoisotopic (exact) mass is 285 g/mol. The van der Waals surface area contributed by atoms with Gasteiger partial charge in [-0.05, 0) is 26.3 Å². The summed E-state index contributed by atoms with van der Waals surface area (Å²) in [6, 6.07) is 1.97. The van der Waals surface area contributed by atoms with E-state index in [-0.39, 0.29) is 11.8 Å². The molecule has 2 aromatic heterocycles. The van der Waals surface area contributed by atoms with E-state index in [4.69, 9.17) is 0 Å². The zero-order valence-electron chi connectivity index (χ0n) is 12.6. The molecule has 1 saturated heterocycles. The van der Waals surface area contributed by atoms with Gasteiger partial charge in [-0.25, -0.2) is 15.0 Å². The molecule has 0 saturated carbocycles. The van der Waals surface area contributed by atoms with Crippen molar-refractivity contribution >= 4 is 5.91 Å². The predicted octanol–water partition coefficient (Wildman–Crippen LogP) is 1.46. The molecule has 110 valence electrons. The van der Waals surface area contributed by atoms with Crippen LogP contribution < -0.4 is 0 Å². The maximum atomic E-state index is 12.4. The number of carbonyl (C=O) groups is 1. The van der Waals surface area contributed by atoms with Crippen molar-refractivity contribution in [1.29, 1.82) is 0 Å². The SMILES string of the molecule is Cc1cc(C)nc([C@@H]2CCN(C(=O)c3nccn3C)C2)n1. The molecule has 6 nitrogen and oxygen atoms in total. The van der Waals surface area contributed by atoms with Crippen LogP contribution in [-0.4, -0.2) is 43.4 Å². The van der Waals surface area contributed by atoms with Gasteiger partial charge in [0.2, 0.25) is 0 Å². The van der Waals surface area contributed by atoms with Gasteiger partial charge in [-0.2, -0.15) is 0 Å². The number of amides is 1. The Hall–Kier alpha value is -2.24. The van der Waals surface area contributed by atoms with E-state index in [1.807, 2.05) is 31.9 Å². The van der Waals surface area contributed by atoms with Crippen LogP contribution in [0.5, 0.6) is 0 Å². The lowest BCUT2D eigenvalue weighted by atomic mass is 10.1. The van der Waals surface area contributed by atoms with Gasteiger partial charge in [0.1, 0.15) is 5.82 Å². The Morgan fingerprint density at radius 1 is 1.29 bits per heavy atom. The summed E-state index contributed by atoms with van der Waals surface area (Å²) < 4.78 is 1.75. The molecule has 1 aliphatic rings. The molecule has 0 aliphatic carbocycles. The minimum Gasteiger partial charge on any atom is -0.335 e. The average Bonchev–Trinajstić information content (AvgIpc) is 3.05. The summed E-state index contributed by atoms with van der Waals surface area (Å²) in [7, 11) is 1.83. The zero-order valence-corrected chi connectivity index (χ0v) is 12.6. The van der Waals surface area contributed by atoms with Gasteiger partial charge >= 0.3 is 0 Å².